The van der Waals surface area contributed by atoms with Gasteiger partial charge in [0.05, 0.1) is 36.5 Å². The smallest absolute Gasteiger partial charge is 0.337 e. The van der Waals surface area contributed by atoms with Gasteiger partial charge in [-0.05, 0) is 87.4 Å². The topological polar surface area (TPSA) is 87.3 Å². The van der Waals surface area contributed by atoms with Crippen LogP contribution >= 0.6 is 11.3 Å². The number of methoxy groups -OCH3 is 1. The highest BCUT2D eigenvalue weighted by Crippen LogP contribution is 2.35. The first kappa shape index (κ1) is 29.9. The van der Waals surface area contributed by atoms with Crippen molar-refractivity contribution in [2.45, 2.75) is 33.7 Å². The third-order valence-corrected chi connectivity index (χ3v) is 8.39. The number of nitrogens with zero attached hydrogens (tertiary/aromatic N) is 4. The highest BCUT2D eigenvalue weighted by molar-refractivity contribution is 7.07. The molecular weight excluding hydrogens is 564 g/mol. The molecular formula is C33H36N4O5S. The molecule has 1 aliphatic rings. The van der Waals surface area contributed by atoms with Gasteiger partial charge in [0.2, 0.25) is 0 Å². The van der Waals surface area contributed by atoms with Crippen molar-refractivity contribution in [3.8, 4) is 17.2 Å². The van der Waals surface area contributed by atoms with Crippen molar-refractivity contribution >= 4 is 29.1 Å². The number of benzene rings is 2. The Morgan fingerprint density at radius 3 is 2.37 bits per heavy atom. The van der Waals surface area contributed by atoms with E-state index in [9.17, 15) is 9.59 Å². The summed E-state index contributed by atoms with van der Waals surface area (Å²) in [5.41, 5.74) is 5.87. The standard InChI is InChI=1S/C33H36N4O5S/c1-8-41-27-15-10-22(17-28(27)42-9-2)30-26(32(39)40-7)19-34-33-37(30)31(38)29(43-33)18-23-16-20(3)36(21(23)4)25-13-11-24(12-14-25)35(5)6/h10-19,30H,8-9H2,1-7H3/b29-18-/t30-/m1/s1. The number of carbonyl (C=O) groups excluding carboxylic acids is 1. The number of hydrogen-bond donors (Lipinski definition) is 0. The lowest BCUT2D eigenvalue weighted by atomic mass is 9.97. The van der Waals surface area contributed by atoms with Crippen LogP contribution in [0.25, 0.3) is 11.8 Å². The molecule has 1 aliphatic heterocycles. The maximum Gasteiger partial charge on any atom is 0.337 e. The van der Waals surface area contributed by atoms with Gasteiger partial charge >= 0.3 is 5.97 Å². The molecule has 0 aliphatic carbocycles. The summed E-state index contributed by atoms with van der Waals surface area (Å²) in [6.07, 6.45) is 3.39. The minimum absolute atomic E-state index is 0.241. The van der Waals surface area contributed by atoms with Crippen molar-refractivity contribution in [2.75, 3.05) is 39.3 Å². The fraction of sp³-hybridized carbons (Fsp3) is 0.303. The van der Waals surface area contributed by atoms with E-state index in [1.165, 1.54) is 24.6 Å². The van der Waals surface area contributed by atoms with Crippen LogP contribution in [-0.2, 0) is 9.53 Å². The highest BCUT2D eigenvalue weighted by Gasteiger charge is 2.31. The Hall–Kier alpha value is -4.57. The number of esters is 1. The highest BCUT2D eigenvalue weighted by atomic mass is 32.1. The molecule has 4 aromatic rings. The number of rotatable bonds is 9. The molecule has 9 nitrogen and oxygen atoms in total. The van der Waals surface area contributed by atoms with E-state index in [4.69, 9.17) is 14.2 Å². The molecule has 0 spiro atoms. The molecule has 224 valence electrons. The van der Waals surface area contributed by atoms with E-state index < -0.39 is 12.0 Å². The van der Waals surface area contributed by atoms with E-state index in [2.05, 4.69) is 51.7 Å². The molecule has 0 radical (unpaired) electrons. The van der Waals surface area contributed by atoms with Crippen LogP contribution < -0.4 is 29.3 Å². The van der Waals surface area contributed by atoms with Crippen molar-refractivity contribution < 1.29 is 19.0 Å². The zero-order valence-corrected chi connectivity index (χ0v) is 26.3. The van der Waals surface area contributed by atoms with Crippen molar-refractivity contribution in [3.63, 3.8) is 0 Å². The average Bonchev–Trinajstić information content (AvgIpc) is 3.47. The second-order valence-electron chi connectivity index (χ2n) is 10.3. The number of thiazole rings is 1. The summed E-state index contributed by atoms with van der Waals surface area (Å²) in [7, 11) is 5.35. The van der Waals surface area contributed by atoms with Gasteiger partial charge in [0, 0.05) is 43.1 Å². The summed E-state index contributed by atoms with van der Waals surface area (Å²) in [5.74, 6) is 0.575. The van der Waals surface area contributed by atoms with E-state index in [1.807, 2.05) is 53.1 Å². The van der Waals surface area contributed by atoms with Gasteiger partial charge in [-0.2, -0.15) is 0 Å². The molecule has 3 heterocycles. The number of hydrogen-bond acceptors (Lipinski definition) is 8. The van der Waals surface area contributed by atoms with Crippen LogP contribution in [0.2, 0.25) is 0 Å². The maximum absolute atomic E-state index is 14.0. The predicted octanol–water partition coefficient (Wildman–Crippen LogP) is 4.29. The summed E-state index contributed by atoms with van der Waals surface area (Å²) in [6, 6.07) is 15.1. The van der Waals surface area contributed by atoms with Gasteiger partial charge in [-0.1, -0.05) is 17.4 Å². The number of carbonyl (C=O) groups is 1. The zero-order valence-electron chi connectivity index (χ0n) is 25.5. The third-order valence-electron chi connectivity index (χ3n) is 7.39. The van der Waals surface area contributed by atoms with Gasteiger partial charge in [0.1, 0.15) is 0 Å². The van der Waals surface area contributed by atoms with Crippen LogP contribution in [-0.4, -0.2) is 49.5 Å². The molecule has 0 saturated carbocycles. The summed E-state index contributed by atoms with van der Waals surface area (Å²) >= 11 is 1.29. The summed E-state index contributed by atoms with van der Waals surface area (Å²) in [5, 5.41) is 0. The molecule has 0 unspecified atom stereocenters. The van der Waals surface area contributed by atoms with Crippen molar-refractivity contribution in [3.05, 3.63) is 103 Å². The van der Waals surface area contributed by atoms with Gasteiger partial charge in [-0.25, -0.2) is 9.79 Å². The molecule has 0 amide bonds. The molecule has 43 heavy (non-hydrogen) atoms. The van der Waals surface area contributed by atoms with E-state index in [-0.39, 0.29) is 11.1 Å². The fourth-order valence-electron chi connectivity index (χ4n) is 5.36. The van der Waals surface area contributed by atoms with E-state index in [0.717, 1.165) is 28.3 Å². The second-order valence-corrected chi connectivity index (χ2v) is 11.3. The first-order valence-corrected chi connectivity index (χ1v) is 15.0. The van der Waals surface area contributed by atoms with Gasteiger partial charge in [-0.15, -0.1) is 0 Å². The number of anilines is 1. The Morgan fingerprint density at radius 1 is 1.02 bits per heavy atom. The zero-order chi connectivity index (χ0) is 30.8. The number of aryl methyl sites for hydroxylation is 1. The monoisotopic (exact) mass is 600 g/mol. The SMILES string of the molecule is CCOc1ccc([C@@H]2C(C(=O)OC)=CN=c3s/c(=C\c4cc(C)n(-c5ccc(N(C)C)cc5)c4C)c(=O)n32)cc1OCC. The second kappa shape index (κ2) is 12.3. The molecule has 0 N–H and O–H groups in total. The van der Waals surface area contributed by atoms with Crippen molar-refractivity contribution in [2.24, 2.45) is 4.99 Å². The first-order chi connectivity index (χ1) is 20.7. The first-order valence-electron chi connectivity index (χ1n) is 14.1. The molecule has 1 atom stereocenters. The molecule has 2 aromatic heterocycles. The van der Waals surface area contributed by atoms with E-state index in [0.29, 0.717) is 39.6 Å². The predicted molar refractivity (Wildman–Crippen MR) is 170 cm³/mol. The molecule has 0 fully saturated rings. The van der Waals surface area contributed by atoms with Gasteiger partial charge in [0.25, 0.3) is 5.56 Å². The quantitative estimate of drug-likeness (QED) is 0.267. The van der Waals surface area contributed by atoms with E-state index in [1.54, 1.807) is 10.6 Å². The average molecular weight is 601 g/mol. The number of fused-ring (bicyclic) bond motifs is 1. The Balaban J connectivity index is 1.63. The normalized spacial score (nSPS) is 14.5. The Bertz CT molecular complexity index is 1880. The van der Waals surface area contributed by atoms with E-state index >= 15 is 0 Å². The van der Waals surface area contributed by atoms with Crippen molar-refractivity contribution in [1.82, 2.24) is 9.13 Å². The minimum Gasteiger partial charge on any atom is -0.490 e. The summed E-state index contributed by atoms with van der Waals surface area (Å²) < 4.78 is 20.9. The van der Waals surface area contributed by atoms with Crippen LogP contribution in [0.1, 0.15) is 42.4 Å². The summed E-state index contributed by atoms with van der Waals surface area (Å²) in [6.45, 7) is 8.80. The lowest BCUT2D eigenvalue weighted by Crippen LogP contribution is -2.39. The lowest BCUT2D eigenvalue weighted by Gasteiger charge is -2.23. The molecule has 2 aromatic carbocycles. The largest absolute Gasteiger partial charge is 0.490 e. The Kier molecular flexibility index (Phi) is 8.59. The third kappa shape index (κ3) is 5.62. The minimum atomic E-state index is -0.747. The van der Waals surface area contributed by atoms with Crippen LogP contribution in [0.4, 0.5) is 5.69 Å². The van der Waals surface area contributed by atoms with Gasteiger partial charge < -0.3 is 23.7 Å². The lowest BCUT2D eigenvalue weighted by molar-refractivity contribution is -0.136. The number of ether oxygens (including phenoxy) is 3. The Morgan fingerprint density at radius 2 is 1.72 bits per heavy atom. The maximum atomic E-state index is 14.0. The molecule has 0 saturated heterocycles. The van der Waals surface area contributed by atoms with Gasteiger partial charge in [-0.3, -0.25) is 9.36 Å². The van der Waals surface area contributed by atoms with Crippen molar-refractivity contribution in [1.29, 1.82) is 0 Å². The molecule has 0 bridgehead atoms. The van der Waals surface area contributed by atoms with Crippen LogP contribution in [0, 0.1) is 13.8 Å². The van der Waals surface area contributed by atoms with Crippen LogP contribution in [0.15, 0.2) is 70.1 Å². The molecule has 10 heteroatoms. The van der Waals surface area contributed by atoms with Crippen LogP contribution in [0.5, 0.6) is 11.5 Å². The van der Waals surface area contributed by atoms with Gasteiger partial charge in [0.15, 0.2) is 16.3 Å². The number of aromatic nitrogens is 2. The molecule has 5 rings (SSSR count). The fourth-order valence-corrected chi connectivity index (χ4v) is 6.32. The summed E-state index contributed by atoms with van der Waals surface area (Å²) in [4.78, 5) is 34.0. The Labute approximate surface area is 254 Å². The van der Waals surface area contributed by atoms with Crippen LogP contribution in [0.3, 0.4) is 0 Å².